The van der Waals surface area contributed by atoms with E-state index < -0.39 is 0 Å². The Kier molecular flexibility index (Phi) is 6.38. The first-order valence-corrected chi connectivity index (χ1v) is 14.3. The van der Waals surface area contributed by atoms with Gasteiger partial charge in [0.15, 0.2) is 5.71 Å². The summed E-state index contributed by atoms with van der Waals surface area (Å²) >= 11 is 0. The second-order valence-electron chi connectivity index (χ2n) is 11.9. The van der Waals surface area contributed by atoms with Gasteiger partial charge in [0.05, 0.1) is 5.41 Å². The van der Waals surface area contributed by atoms with E-state index in [1.165, 1.54) is 55.5 Å². The highest BCUT2D eigenvalue weighted by Gasteiger charge is 2.44. The average Bonchev–Trinajstić information content (AvgIpc) is 3.30. The molecule has 0 fully saturated rings. The van der Waals surface area contributed by atoms with Gasteiger partial charge in [-0.1, -0.05) is 85.0 Å². The zero-order chi connectivity index (χ0) is 28.1. The summed E-state index contributed by atoms with van der Waals surface area (Å²) in [6, 6.07) is 26.6. The summed E-state index contributed by atoms with van der Waals surface area (Å²) in [6.07, 6.45) is 16.6. The van der Waals surface area contributed by atoms with Crippen molar-refractivity contribution in [2.45, 2.75) is 44.9 Å². The van der Waals surface area contributed by atoms with Crippen molar-refractivity contribution in [2.24, 2.45) is 0 Å². The van der Waals surface area contributed by atoms with Crippen molar-refractivity contribution in [1.82, 2.24) is 0 Å². The van der Waals surface area contributed by atoms with Crippen molar-refractivity contribution >= 4 is 38.6 Å². The van der Waals surface area contributed by atoms with E-state index in [2.05, 4.69) is 167 Å². The van der Waals surface area contributed by atoms with Crippen molar-refractivity contribution in [1.29, 1.82) is 0 Å². The van der Waals surface area contributed by atoms with Gasteiger partial charge in [-0.05, 0) is 79.4 Å². The van der Waals surface area contributed by atoms with Gasteiger partial charge in [-0.2, -0.15) is 4.58 Å². The first-order valence-electron chi connectivity index (χ1n) is 14.3. The lowest BCUT2D eigenvalue weighted by Gasteiger charge is -2.28. The van der Waals surface area contributed by atoms with Crippen LogP contribution in [0.1, 0.15) is 45.2 Å². The van der Waals surface area contributed by atoms with Crippen LogP contribution in [0.15, 0.2) is 121 Å². The number of hydrogen-bond acceptors (Lipinski definition) is 1. The predicted molar refractivity (Wildman–Crippen MR) is 173 cm³/mol. The third kappa shape index (κ3) is 3.89. The molecule has 0 saturated heterocycles. The lowest BCUT2D eigenvalue weighted by molar-refractivity contribution is -0.401. The molecule has 0 N–H and O–H groups in total. The van der Waals surface area contributed by atoms with Crippen LogP contribution in [-0.4, -0.2) is 24.4 Å². The molecule has 4 aromatic rings. The summed E-state index contributed by atoms with van der Waals surface area (Å²) in [5.41, 5.74) is 7.90. The second-order valence-corrected chi connectivity index (χ2v) is 11.9. The van der Waals surface area contributed by atoms with E-state index in [-0.39, 0.29) is 10.8 Å². The van der Waals surface area contributed by atoms with Crippen LogP contribution in [0.2, 0.25) is 0 Å². The lowest BCUT2D eigenvalue weighted by atomic mass is 9.76. The van der Waals surface area contributed by atoms with Gasteiger partial charge in [-0.3, -0.25) is 0 Å². The predicted octanol–water partition coefficient (Wildman–Crippen LogP) is 9.37. The Hall–Kier alpha value is -4.17. The Labute approximate surface area is 239 Å². The van der Waals surface area contributed by atoms with E-state index in [0.29, 0.717) is 0 Å². The van der Waals surface area contributed by atoms with Gasteiger partial charge in [0.1, 0.15) is 7.05 Å². The van der Waals surface area contributed by atoms with E-state index in [1.54, 1.807) is 0 Å². The molecule has 0 aromatic heterocycles. The smallest absolute Gasteiger partial charge is 0.210 e. The minimum Gasteiger partial charge on any atom is -0.347 e. The first kappa shape index (κ1) is 26.1. The summed E-state index contributed by atoms with van der Waals surface area (Å²) in [5, 5.41) is 5.29. The molecule has 2 aliphatic heterocycles. The van der Waals surface area contributed by atoms with E-state index in [0.717, 1.165) is 6.42 Å². The minimum atomic E-state index is -0.101. The minimum absolute atomic E-state index is 0.0762. The maximum Gasteiger partial charge on any atom is 0.210 e. The van der Waals surface area contributed by atoms with Crippen LogP contribution in [-0.2, 0) is 10.8 Å². The summed E-state index contributed by atoms with van der Waals surface area (Å²) in [5.74, 6) is 0. The maximum atomic E-state index is 2.39. The number of likely N-dealkylation sites (N-methyl/N-ethyl adjacent to an activating group) is 1. The van der Waals surface area contributed by atoms with Crippen molar-refractivity contribution in [2.75, 3.05) is 19.0 Å². The molecular weight excluding hydrogens is 484 g/mol. The molecule has 0 aliphatic carbocycles. The van der Waals surface area contributed by atoms with Gasteiger partial charge >= 0.3 is 0 Å². The van der Waals surface area contributed by atoms with Crippen molar-refractivity contribution in [3.63, 3.8) is 0 Å². The third-order valence-corrected chi connectivity index (χ3v) is 9.13. The molecule has 1 unspecified atom stereocenters. The fraction of sp³-hybridized carbons (Fsp3) is 0.237. The van der Waals surface area contributed by atoms with E-state index >= 15 is 0 Å². The molecule has 2 aliphatic rings. The molecule has 2 heteroatoms. The summed E-state index contributed by atoms with van der Waals surface area (Å²) < 4.78 is 2.35. The molecule has 2 nitrogen and oxygen atoms in total. The van der Waals surface area contributed by atoms with Gasteiger partial charge in [0.2, 0.25) is 5.69 Å². The van der Waals surface area contributed by atoms with Gasteiger partial charge in [0.25, 0.3) is 0 Å². The van der Waals surface area contributed by atoms with Gasteiger partial charge < -0.3 is 4.90 Å². The molecule has 6 rings (SSSR count). The monoisotopic (exact) mass is 523 g/mol. The molecular formula is C38H39N2+. The molecule has 2 heterocycles. The van der Waals surface area contributed by atoms with Gasteiger partial charge in [-0.25, -0.2) is 0 Å². The van der Waals surface area contributed by atoms with Crippen LogP contribution in [0.25, 0.3) is 21.5 Å². The average molecular weight is 524 g/mol. The molecule has 1 atom stereocenters. The van der Waals surface area contributed by atoms with Crippen LogP contribution in [0, 0.1) is 0 Å². The highest BCUT2D eigenvalue weighted by atomic mass is 15.2. The Morgan fingerprint density at radius 3 is 2.12 bits per heavy atom. The number of hydrogen-bond donors (Lipinski definition) is 0. The van der Waals surface area contributed by atoms with E-state index in [4.69, 9.17) is 0 Å². The highest BCUT2D eigenvalue weighted by molar-refractivity contribution is 6.07. The molecule has 0 spiro atoms. The third-order valence-electron chi connectivity index (χ3n) is 9.13. The molecule has 4 aromatic carbocycles. The molecule has 0 amide bonds. The number of nitrogens with zero attached hydrogens (tertiary/aromatic N) is 2. The summed E-state index contributed by atoms with van der Waals surface area (Å²) in [7, 11) is 4.40. The fourth-order valence-corrected chi connectivity index (χ4v) is 7.15. The fourth-order valence-electron chi connectivity index (χ4n) is 7.15. The van der Waals surface area contributed by atoms with Crippen molar-refractivity contribution < 1.29 is 4.58 Å². The normalized spacial score (nSPS) is 21.2. The van der Waals surface area contributed by atoms with Gasteiger partial charge in [0, 0.05) is 41.6 Å². The van der Waals surface area contributed by atoms with E-state index in [9.17, 15) is 0 Å². The summed E-state index contributed by atoms with van der Waals surface area (Å²) in [6.45, 7) is 9.19. The number of fused-ring (bicyclic) bond motifs is 6. The van der Waals surface area contributed by atoms with Gasteiger partial charge in [-0.15, -0.1) is 0 Å². The molecule has 200 valence electrons. The zero-order valence-corrected chi connectivity index (χ0v) is 24.6. The van der Waals surface area contributed by atoms with Crippen LogP contribution in [0.4, 0.5) is 11.4 Å². The van der Waals surface area contributed by atoms with Crippen LogP contribution >= 0.6 is 0 Å². The number of allylic oxidation sites excluding steroid dienone is 8. The Balaban J connectivity index is 1.33. The topological polar surface area (TPSA) is 6.25 Å². The lowest BCUT2D eigenvalue weighted by Crippen LogP contribution is -2.26. The van der Waals surface area contributed by atoms with Crippen molar-refractivity contribution in [3.8, 4) is 0 Å². The highest BCUT2D eigenvalue weighted by Crippen LogP contribution is 2.52. The standard InChI is InChI=1S/C38H39N2/c1-7-8-26-38(4)34(40(6)32-25-23-28-17-13-15-19-30(28)36(32)38)21-11-9-10-20-33-37(2,3)35-29-18-14-12-16-27(29)22-24-31(35)39(33)5/h7-25H,26H2,1-6H3/q+1/b8-7+. The largest absolute Gasteiger partial charge is 0.347 e. The quantitative estimate of drug-likeness (QED) is 0.143. The molecule has 0 bridgehead atoms. The maximum absolute atomic E-state index is 2.39. The molecule has 0 radical (unpaired) electrons. The molecule has 40 heavy (non-hydrogen) atoms. The number of anilines is 1. The number of rotatable bonds is 5. The van der Waals surface area contributed by atoms with Crippen molar-refractivity contribution in [3.05, 3.63) is 132 Å². The SMILES string of the molecule is C/C=C/CC1(C)\C(=C/C=C/C=C/C2=[N+](C)c3ccc4ccccc4c3C2(C)C)N(C)c2ccc3ccccc3c21. The van der Waals surface area contributed by atoms with Crippen LogP contribution in [0.3, 0.4) is 0 Å². The Morgan fingerprint density at radius 2 is 1.43 bits per heavy atom. The first-order chi connectivity index (χ1) is 19.3. The Bertz CT molecular complexity index is 1790. The zero-order valence-electron chi connectivity index (χ0n) is 24.6. The number of benzene rings is 4. The molecule has 0 saturated carbocycles. The van der Waals surface area contributed by atoms with Crippen LogP contribution < -0.4 is 4.90 Å². The second kappa shape index (κ2) is 9.78. The Morgan fingerprint density at radius 1 is 0.775 bits per heavy atom. The van der Waals surface area contributed by atoms with Crippen LogP contribution in [0.5, 0.6) is 0 Å². The summed E-state index contributed by atoms with van der Waals surface area (Å²) in [4.78, 5) is 2.38. The van der Waals surface area contributed by atoms with E-state index in [1.807, 2.05) is 0 Å².